The molecule has 0 radical (unpaired) electrons. The molecule has 0 saturated carbocycles. The molecule has 5 heteroatoms. The van der Waals surface area contributed by atoms with Crippen LogP contribution in [0.15, 0.2) is 30.3 Å². The van der Waals surface area contributed by atoms with Gasteiger partial charge in [-0.2, -0.15) is 5.10 Å². The van der Waals surface area contributed by atoms with Crippen LogP contribution in [-0.4, -0.2) is 21.5 Å². The Bertz CT molecular complexity index is 754. The van der Waals surface area contributed by atoms with Crippen molar-refractivity contribution in [3.05, 3.63) is 30.3 Å². The van der Waals surface area contributed by atoms with Crippen molar-refractivity contribution in [3.63, 3.8) is 0 Å². The Hall–Kier alpha value is -2.43. The van der Waals surface area contributed by atoms with E-state index in [4.69, 9.17) is 10.5 Å². The molecule has 0 bridgehead atoms. The minimum Gasteiger partial charge on any atom is -0.497 e. The van der Waals surface area contributed by atoms with E-state index >= 15 is 0 Å². The minimum absolute atomic E-state index is 0.528. The van der Waals surface area contributed by atoms with Gasteiger partial charge in [0, 0.05) is 31.1 Å². The number of hydrogen-bond donors (Lipinski definition) is 1. The van der Waals surface area contributed by atoms with E-state index in [0.29, 0.717) is 5.82 Å². The Labute approximate surface area is 111 Å². The zero-order valence-corrected chi connectivity index (χ0v) is 11.2. The molecule has 0 spiro atoms. The van der Waals surface area contributed by atoms with Crippen LogP contribution in [0.2, 0.25) is 0 Å². The van der Waals surface area contributed by atoms with Gasteiger partial charge >= 0.3 is 0 Å². The number of benzene rings is 1. The molecule has 3 aromatic rings. The fourth-order valence-corrected chi connectivity index (χ4v) is 2.43. The van der Waals surface area contributed by atoms with Gasteiger partial charge in [0.15, 0.2) is 0 Å². The van der Waals surface area contributed by atoms with Gasteiger partial charge in [-0.15, -0.1) is 0 Å². The summed E-state index contributed by atoms with van der Waals surface area (Å²) in [7, 11) is 5.60. The van der Waals surface area contributed by atoms with E-state index in [2.05, 4.69) is 21.8 Å². The molecule has 0 amide bonds. The molecule has 2 N–H and O–H groups in total. The number of ether oxygens (including phenoxy) is 1. The fraction of sp³-hybridized carbons (Fsp3) is 0.214. The second-order valence-corrected chi connectivity index (χ2v) is 4.59. The van der Waals surface area contributed by atoms with Gasteiger partial charge in [-0.3, -0.25) is 4.68 Å². The van der Waals surface area contributed by atoms with Crippen molar-refractivity contribution >= 4 is 16.7 Å². The van der Waals surface area contributed by atoms with Crippen LogP contribution in [0.3, 0.4) is 0 Å². The summed E-state index contributed by atoms with van der Waals surface area (Å²) in [6.07, 6.45) is 0. The van der Waals surface area contributed by atoms with E-state index < -0.39 is 0 Å². The molecule has 0 saturated heterocycles. The van der Waals surface area contributed by atoms with Crippen molar-refractivity contribution in [1.82, 2.24) is 14.3 Å². The first-order valence-corrected chi connectivity index (χ1v) is 6.03. The lowest BCUT2D eigenvalue weighted by Gasteiger charge is -2.04. The van der Waals surface area contributed by atoms with Crippen LogP contribution in [0.5, 0.6) is 5.75 Å². The third-order valence-corrected chi connectivity index (χ3v) is 3.41. The molecule has 19 heavy (non-hydrogen) atoms. The number of aromatic nitrogens is 3. The Balaban J connectivity index is 2.24. The molecule has 1 aromatic carbocycles. The van der Waals surface area contributed by atoms with E-state index in [0.717, 1.165) is 28.0 Å². The monoisotopic (exact) mass is 256 g/mol. The number of methoxy groups -OCH3 is 1. The van der Waals surface area contributed by atoms with E-state index in [-0.39, 0.29) is 0 Å². The van der Waals surface area contributed by atoms with Crippen LogP contribution in [0.25, 0.3) is 22.3 Å². The summed E-state index contributed by atoms with van der Waals surface area (Å²) in [4.78, 5) is 0. The quantitative estimate of drug-likeness (QED) is 0.764. The molecule has 0 aliphatic rings. The summed E-state index contributed by atoms with van der Waals surface area (Å²) in [5.41, 5.74) is 8.97. The number of anilines is 1. The van der Waals surface area contributed by atoms with Gasteiger partial charge in [-0.05, 0) is 24.3 Å². The van der Waals surface area contributed by atoms with Gasteiger partial charge in [-0.1, -0.05) is 0 Å². The molecule has 0 aliphatic carbocycles. The Morgan fingerprint density at radius 3 is 2.53 bits per heavy atom. The van der Waals surface area contributed by atoms with Crippen molar-refractivity contribution in [1.29, 1.82) is 0 Å². The normalized spacial score (nSPS) is 11.1. The summed E-state index contributed by atoms with van der Waals surface area (Å²) in [6.45, 7) is 0. The van der Waals surface area contributed by atoms with Crippen LogP contribution in [0.1, 0.15) is 0 Å². The number of nitrogens with two attached hydrogens (primary N) is 1. The average molecular weight is 256 g/mol. The molecule has 0 fully saturated rings. The second kappa shape index (κ2) is 4.05. The number of nitrogens with zero attached hydrogens (tertiary/aromatic N) is 3. The van der Waals surface area contributed by atoms with Crippen molar-refractivity contribution in [2.45, 2.75) is 0 Å². The van der Waals surface area contributed by atoms with Crippen LogP contribution in [-0.2, 0) is 14.1 Å². The van der Waals surface area contributed by atoms with E-state index in [1.54, 1.807) is 11.8 Å². The first-order valence-electron chi connectivity index (χ1n) is 6.03. The van der Waals surface area contributed by atoms with Crippen molar-refractivity contribution in [3.8, 4) is 17.1 Å². The molecule has 0 unspecified atom stereocenters. The van der Waals surface area contributed by atoms with Crippen LogP contribution < -0.4 is 10.5 Å². The molecule has 0 aliphatic heterocycles. The zero-order chi connectivity index (χ0) is 13.6. The van der Waals surface area contributed by atoms with Gasteiger partial charge in [0.05, 0.1) is 18.5 Å². The van der Waals surface area contributed by atoms with Gasteiger partial charge in [-0.25, -0.2) is 0 Å². The third-order valence-electron chi connectivity index (χ3n) is 3.41. The fourth-order valence-electron chi connectivity index (χ4n) is 2.43. The molecule has 0 atom stereocenters. The average Bonchev–Trinajstić information content (AvgIpc) is 2.89. The predicted octanol–water partition coefficient (Wildman–Crippen LogP) is 2.17. The number of hydrogen-bond acceptors (Lipinski definition) is 3. The zero-order valence-electron chi connectivity index (χ0n) is 11.2. The minimum atomic E-state index is 0.528. The van der Waals surface area contributed by atoms with Gasteiger partial charge in [0.2, 0.25) is 0 Å². The summed E-state index contributed by atoms with van der Waals surface area (Å²) in [5, 5.41) is 5.32. The molecule has 3 rings (SSSR count). The summed E-state index contributed by atoms with van der Waals surface area (Å²) < 4.78 is 9.18. The highest BCUT2D eigenvalue weighted by molar-refractivity contribution is 5.87. The Morgan fingerprint density at radius 1 is 1.11 bits per heavy atom. The van der Waals surface area contributed by atoms with Crippen LogP contribution in [0.4, 0.5) is 5.82 Å². The maximum Gasteiger partial charge on any atom is 0.146 e. The van der Waals surface area contributed by atoms with E-state index in [9.17, 15) is 0 Å². The number of nitrogen functional groups attached to an aromatic ring is 1. The first-order chi connectivity index (χ1) is 9.10. The lowest BCUT2D eigenvalue weighted by Crippen LogP contribution is -1.98. The van der Waals surface area contributed by atoms with Crippen molar-refractivity contribution in [2.24, 2.45) is 14.1 Å². The standard InChI is InChI=1S/C14H16N4O/c1-17-11-5-4-10(19-3)6-9(11)7-12(17)13-8-14(15)16-18(13)2/h4-8H,1-3H3,(H2,15,16). The number of aryl methyl sites for hydroxylation is 2. The molecular formula is C14H16N4O. The first kappa shape index (κ1) is 11.6. The second-order valence-electron chi connectivity index (χ2n) is 4.59. The predicted molar refractivity (Wildman–Crippen MR) is 76.1 cm³/mol. The third kappa shape index (κ3) is 1.74. The van der Waals surface area contributed by atoms with Crippen LogP contribution >= 0.6 is 0 Å². The summed E-state index contributed by atoms with van der Waals surface area (Å²) in [6, 6.07) is 10.0. The highest BCUT2D eigenvalue weighted by atomic mass is 16.5. The Kier molecular flexibility index (Phi) is 2.48. The van der Waals surface area contributed by atoms with Crippen LogP contribution in [0, 0.1) is 0 Å². The summed E-state index contributed by atoms with van der Waals surface area (Å²) in [5.74, 6) is 1.38. The SMILES string of the molecule is COc1ccc2c(c1)cc(-c1cc(N)nn1C)n2C. The maximum absolute atomic E-state index is 5.75. The largest absolute Gasteiger partial charge is 0.497 e. The maximum atomic E-state index is 5.75. The molecule has 5 nitrogen and oxygen atoms in total. The Morgan fingerprint density at radius 2 is 1.89 bits per heavy atom. The highest BCUT2D eigenvalue weighted by Gasteiger charge is 2.12. The van der Waals surface area contributed by atoms with Crippen molar-refractivity contribution in [2.75, 3.05) is 12.8 Å². The molecule has 98 valence electrons. The lowest BCUT2D eigenvalue weighted by molar-refractivity contribution is 0.415. The van der Waals surface area contributed by atoms with E-state index in [1.807, 2.05) is 32.3 Å². The van der Waals surface area contributed by atoms with Gasteiger partial charge in [0.1, 0.15) is 11.6 Å². The number of fused-ring (bicyclic) bond motifs is 1. The smallest absolute Gasteiger partial charge is 0.146 e. The lowest BCUT2D eigenvalue weighted by atomic mass is 10.2. The summed E-state index contributed by atoms with van der Waals surface area (Å²) >= 11 is 0. The van der Waals surface area contributed by atoms with E-state index in [1.165, 1.54) is 0 Å². The number of rotatable bonds is 2. The van der Waals surface area contributed by atoms with Gasteiger partial charge < -0.3 is 15.0 Å². The molecular weight excluding hydrogens is 240 g/mol. The van der Waals surface area contributed by atoms with Crippen molar-refractivity contribution < 1.29 is 4.74 Å². The van der Waals surface area contributed by atoms with Gasteiger partial charge in [0.25, 0.3) is 0 Å². The topological polar surface area (TPSA) is 58.0 Å². The molecule has 2 heterocycles. The molecule has 2 aromatic heterocycles. The highest BCUT2D eigenvalue weighted by Crippen LogP contribution is 2.30.